The Kier molecular flexibility index (Phi) is 9.84. The standard InChI is InChI=1S/C29H30O4/c1-6-9-24(12-8-18-32-28(30)21(2)3)26-10-7-11-27(20-26)25-15-13-23(14-16-25)17-19-33-29(31)22(4)5/h6-16,20H,1-2,4,17-19H2,3,5H3/b12-8-,24-9+. The monoisotopic (exact) mass is 442 g/mol. The maximum absolute atomic E-state index is 11.5. The lowest BCUT2D eigenvalue weighted by Gasteiger charge is -2.09. The maximum Gasteiger partial charge on any atom is 0.333 e. The summed E-state index contributed by atoms with van der Waals surface area (Å²) in [7, 11) is 0. The molecule has 33 heavy (non-hydrogen) atoms. The second-order valence-corrected chi connectivity index (χ2v) is 7.58. The summed E-state index contributed by atoms with van der Waals surface area (Å²) >= 11 is 0. The molecule has 0 radical (unpaired) electrons. The van der Waals surface area contributed by atoms with Gasteiger partial charge in [0.2, 0.25) is 0 Å². The summed E-state index contributed by atoms with van der Waals surface area (Å²) in [4.78, 5) is 23.0. The highest BCUT2D eigenvalue weighted by Gasteiger charge is 2.05. The van der Waals surface area contributed by atoms with Crippen molar-refractivity contribution in [1.29, 1.82) is 0 Å². The first-order valence-electron chi connectivity index (χ1n) is 10.7. The first-order chi connectivity index (χ1) is 15.8. The summed E-state index contributed by atoms with van der Waals surface area (Å²) in [5, 5.41) is 0. The maximum atomic E-state index is 11.5. The van der Waals surface area contributed by atoms with Crippen molar-refractivity contribution in [2.24, 2.45) is 0 Å². The summed E-state index contributed by atoms with van der Waals surface area (Å²) in [5.41, 5.74) is 5.99. The number of carbonyl (C=O) groups excluding carboxylic acids is 2. The van der Waals surface area contributed by atoms with Gasteiger partial charge in [0.1, 0.15) is 6.61 Å². The minimum absolute atomic E-state index is 0.170. The largest absolute Gasteiger partial charge is 0.462 e. The van der Waals surface area contributed by atoms with Crippen LogP contribution in [0.5, 0.6) is 0 Å². The quantitative estimate of drug-likeness (QED) is 0.234. The third-order valence-corrected chi connectivity index (χ3v) is 4.71. The van der Waals surface area contributed by atoms with Gasteiger partial charge in [0.05, 0.1) is 6.61 Å². The van der Waals surface area contributed by atoms with Crippen LogP contribution in [0.15, 0.2) is 104 Å². The van der Waals surface area contributed by atoms with Crippen LogP contribution in [0.25, 0.3) is 16.7 Å². The molecule has 0 atom stereocenters. The zero-order chi connectivity index (χ0) is 24.2. The van der Waals surface area contributed by atoms with Crippen molar-refractivity contribution in [3.63, 3.8) is 0 Å². The van der Waals surface area contributed by atoms with Gasteiger partial charge >= 0.3 is 11.9 Å². The van der Waals surface area contributed by atoms with Crippen molar-refractivity contribution in [2.45, 2.75) is 20.3 Å². The number of rotatable bonds is 11. The van der Waals surface area contributed by atoms with Crippen LogP contribution >= 0.6 is 0 Å². The third kappa shape index (κ3) is 8.26. The number of hydrogen-bond acceptors (Lipinski definition) is 4. The lowest BCUT2D eigenvalue weighted by molar-refractivity contribution is -0.139. The van der Waals surface area contributed by atoms with E-state index in [1.807, 2.05) is 36.4 Å². The van der Waals surface area contributed by atoms with Gasteiger partial charge in [-0.3, -0.25) is 0 Å². The summed E-state index contributed by atoms with van der Waals surface area (Å²) in [6, 6.07) is 16.4. The van der Waals surface area contributed by atoms with Crippen molar-refractivity contribution in [3.8, 4) is 11.1 Å². The topological polar surface area (TPSA) is 52.6 Å². The smallest absolute Gasteiger partial charge is 0.333 e. The zero-order valence-corrected chi connectivity index (χ0v) is 19.3. The Morgan fingerprint density at radius 2 is 1.58 bits per heavy atom. The Hall–Kier alpha value is -3.92. The molecule has 2 aromatic carbocycles. The van der Waals surface area contributed by atoms with Gasteiger partial charge in [-0.25, -0.2) is 9.59 Å². The van der Waals surface area contributed by atoms with Crippen LogP contribution in [0.2, 0.25) is 0 Å². The lowest BCUT2D eigenvalue weighted by atomic mass is 9.97. The fourth-order valence-electron chi connectivity index (χ4n) is 2.92. The summed E-state index contributed by atoms with van der Waals surface area (Å²) in [6.45, 7) is 14.7. The van der Waals surface area contributed by atoms with Gasteiger partial charge in [0.15, 0.2) is 0 Å². The molecule has 4 heteroatoms. The zero-order valence-electron chi connectivity index (χ0n) is 19.3. The van der Waals surface area contributed by atoms with Gasteiger partial charge in [-0.1, -0.05) is 80.4 Å². The highest BCUT2D eigenvalue weighted by atomic mass is 16.5. The van der Waals surface area contributed by atoms with Crippen LogP contribution in [0.3, 0.4) is 0 Å². The molecule has 0 aliphatic carbocycles. The predicted molar refractivity (Wildman–Crippen MR) is 134 cm³/mol. The van der Waals surface area contributed by atoms with Crippen molar-refractivity contribution < 1.29 is 19.1 Å². The Morgan fingerprint density at radius 1 is 0.909 bits per heavy atom. The van der Waals surface area contributed by atoms with E-state index >= 15 is 0 Å². The Morgan fingerprint density at radius 3 is 2.21 bits per heavy atom. The van der Waals surface area contributed by atoms with E-state index in [0.29, 0.717) is 24.2 Å². The summed E-state index contributed by atoms with van der Waals surface area (Å²) in [6.07, 6.45) is 7.97. The molecule has 2 rings (SSSR count). The first-order valence-corrected chi connectivity index (χ1v) is 10.7. The van der Waals surface area contributed by atoms with E-state index in [4.69, 9.17) is 9.47 Å². The molecule has 4 nitrogen and oxygen atoms in total. The normalized spacial score (nSPS) is 11.2. The Labute approximate surface area is 196 Å². The molecule has 0 bridgehead atoms. The van der Waals surface area contributed by atoms with Gasteiger partial charge in [-0.05, 0) is 53.8 Å². The molecule has 0 unspecified atom stereocenters. The van der Waals surface area contributed by atoms with Crippen LogP contribution < -0.4 is 0 Å². The lowest BCUT2D eigenvalue weighted by Crippen LogP contribution is -2.07. The second-order valence-electron chi connectivity index (χ2n) is 7.58. The molecule has 0 saturated heterocycles. The van der Waals surface area contributed by atoms with E-state index in [2.05, 4.69) is 44.0 Å². The van der Waals surface area contributed by atoms with Gasteiger partial charge in [0.25, 0.3) is 0 Å². The molecular weight excluding hydrogens is 412 g/mol. The molecule has 0 aromatic heterocycles. The number of ether oxygens (including phenoxy) is 2. The van der Waals surface area contributed by atoms with E-state index < -0.39 is 5.97 Å². The van der Waals surface area contributed by atoms with E-state index in [1.54, 1.807) is 26.0 Å². The van der Waals surface area contributed by atoms with Gasteiger partial charge in [-0.2, -0.15) is 0 Å². The van der Waals surface area contributed by atoms with Crippen LogP contribution in [0.1, 0.15) is 25.0 Å². The van der Waals surface area contributed by atoms with Gasteiger partial charge in [0, 0.05) is 17.6 Å². The van der Waals surface area contributed by atoms with Crippen LogP contribution in [-0.2, 0) is 25.5 Å². The molecule has 0 heterocycles. The predicted octanol–water partition coefficient (Wildman–Crippen LogP) is 6.26. The number of esters is 2. The fourth-order valence-corrected chi connectivity index (χ4v) is 2.92. The minimum atomic E-state index is -0.409. The van der Waals surface area contributed by atoms with Gasteiger partial charge < -0.3 is 9.47 Å². The highest BCUT2D eigenvalue weighted by molar-refractivity contribution is 5.87. The van der Waals surface area contributed by atoms with Crippen molar-refractivity contribution in [1.82, 2.24) is 0 Å². The summed E-state index contributed by atoms with van der Waals surface area (Å²) in [5.74, 6) is -0.775. The molecule has 0 amide bonds. The molecule has 0 fully saturated rings. The van der Waals surface area contributed by atoms with E-state index in [1.165, 1.54) is 0 Å². The third-order valence-electron chi connectivity index (χ3n) is 4.71. The molecule has 0 aliphatic rings. The van der Waals surface area contributed by atoms with E-state index in [9.17, 15) is 9.59 Å². The van der Waals surface area contributed by atoms with Gasteiger partial charge in [-0.15, -0.1) is 0 Å². The van der Waals surface area contributed by atoms with Crippen LogP contribution in [0.4, 0.5) is 0 Å². The van der Waals surface area contributed by atoms with E-state index in [0.717, 1.165) is 27.8 Å². The van der Waals surface area contributed by atoms with Crippen LogP contribution in [-0.4, -0.2) is 25.2 Å². The van der Waals surface area contributed by atoms with Crippen molar-refractivity contribution in [3.05, 3.63) is 115 Å². The first kappa shape index (κ1) is 25.3. The molecule has 170 valence electrons. The average Bonchev–Trinajstić information content (AvgIpc) is 2.81. The van der Waals surface area contributed by atoms with Crippen molar-refractivity contribution >= 4 is 17.5 Å². The summed E-state index contributed by atoms with van der Waals surface area (Å²) < 4.78 is 10.3. The number of allylic oxidation sites excluding steroid dienone is 4. The molecule has 2 aromatic rings. The fraction of sp³-hybridized carbons (Fsp3) is 0.172. The minimum Gasteiger partial charge on any atom is -0.462 e. The molecule has 0 saturated carbocycles. The number of hydrogen-bond donors (Lipinski definition) is 0. The average molecular weight is 443 g/mol. The molecule has 0 aliphatic heterocycles. The van der Waals surface area contributed by atoms with Crippen molar-refractivity contribution in [2.75, 3.05) is 13.2 Å². The SMILES string of the molecule is C=C/C=C(\C=C/COC(=O)C(=C)C)c1cccc(-c2ccc(CCOC(=O)C(=C)C)cc2)c1. The molecule has 0 spiro atoms. The number of benzene rings is 2. The molecular formula is C29H30O4. The second kappa shape index (κ2) is 12.8. The number of carbonyl (C=O) groups is 2. The van der Waals surface area contributed by atoms with Crippen LogP contribution in [0, 0.1) is 0 Å². The Bertz CT molecular complexity index is 1080. The van der Waals surface area contributed by atoms with E-state index in [-0.39, 0.29) is 12.6 Å². The highest BCUT2D eigenvalue weighted by Crippen LogP contribution is 2.25. The Balaban J connectivity index is 2.08. The molecule has 0 N–H and O–H groups in total.